The van der Waals surface area contributed by atoms with E-state index in [0.717, 1.165) is 0 Å². The molecule has 3 fully saturated rings. The lowest BCUT2D eigenvalue weighted by Gasteiger charge is -2.61. The minimum absolute atomic E-state index is 0.968. The van der Waals surface area contributed by atoms with Crippen LogP contribution in [0.25, 0.3) is 0 Å². The number of aliphatic hydroxyl groups is 13. The third-order valence-electron chi connectivity index (χ3n) is 6.84. The fourth-order valence-electron chi connectivity index (χ4n) is 4.77. The van der Waals surface area contributed by atoms with Crippen LogP contribution in [0.1, 0.15) is 0 Å². The molecule has 34 heavy (non-hydrogen) atoms. The van der Waals surface area contributed by atoms with Crippen LogP contribution < -0.4 is 0 Å². The highest BCUT2D eigenvalue weighted by Gasteiger charge is 2.75. The van der Waals surface area contributed by atoms with Crippen LogP contribution in [0.3, 0.4) is 0 Å². The van der Waals surface area contributed by atoms with Gasteiger partial charge in [0, 0.05) is 0 Å². The Morgan fingerprint density at radius 3 is 1.35 bits per heavy atom. The van der Waals surface area contributed by atoms with Gasteiger partial charge in [-0.1, -0.05) is 0 Å². The summed E-state index contributed by atoms with van der Waals surface area (Å²) in [5, 5.41) is 134. The Morgan fingerprint density at radius 1 is 0.500 bits per heavy atom. The zero-order valence-electron chi connectivity index (χ0n) is 17.7. The Labute approximate surface area is 192 Å². The van der Waals surface area contributed by atoms with E-state index in [1.54, 1.807) is 0 Å². The van der Waals surface area contributed by atoms with Crippen LogP contribution in [-0.2, 0) is 14.2 Å². The van der Waals surface area contributed by atoms with Crippen molar-refractivity contribution < 1.29 is 80.6 Å². The third-order valence-corrected chi connectivity index (χ3v) is 6.84. The second kappa shape index (κ2) is 10.0. The van der Waals surface area contributed by atoms with E-state index in [2.05, 4.69) is 0 Å². The maximum Gasteiger partial charge on any atom is 0.230 e. The van der Waals surface area contributed by atoms with Crippen molar-refractivity contribution in [1.82, 2.24) is 0 Å². The molecule has 0 aromatic rings. The highest BCUT2D eigenvalue weighted by molar-refractivity contribution is 5.19. The maximum atomic E-state index is 11.6. The van der Waals surface area contributed by atoms with Crippen molar-refractivity contribution in [3.63, 3.8) is 0 Å². The molecule has 0 bridgehead atoms. The molecule has 0 amide bonds. The fourth-order valence-corrected chi connectivity index (χ4v) is 4.77. The first-order valence-corrected chi connectivity index (χ1v) is 10.5. The predicted octanol–water partition coefficient (Wildman–Crippen LogP) is -8.80. The number of rotatable bonds is 5. The molecular formula is C18H32O16. The van der Waals surface area contributed by atoms with E-state index in [0.29, 0.717) is 0 Å². The highest BCUT2D eigenvalue weighted by atomic mass is 16.7. The zero-order chi connectivity index (χ0) is 25.7. The molecule has 3 aliphatic heterocycles. The minimum atomic E-state index is -3.49. The van der Waals surface area contributed by atoms with Crippen molar-refractivity contribution >= 4 is 0 Å². The largest absolute Gasteiger partial charge is 0.394 e. The van der Waals surface area contributed by atoms with Crippen molar-refractivity contribution in [3.05, 3.63) is 0 Å². The second-order valence-corrected chi connectivity index (χ2v) is 8.80. The Balaban J connectivity index is 2.15. The molecule has 0 aliphatic carbocycles. The van der Waals surface area contributed by atoms with Gasteiger partial charge < -0.3 is 80.6 Å². The van der Waals surface area contributed by atoms with Crippen molar-refractivity contribution in [1.29, 1.82) is 0 Å². The van der Waals surface area contributed by atoms with E-state index >= 15 is 0 Å². The molecule has 3 aliphatic rings. The summed E-state index contributed by atoms with van der Waals surface area (Å²) in [5.74, 6) is -3.49. The van der Waals surface area contributed by atoms with Crippen LogP contribution >= 0.6 is 0 Å². The summed E-state index contributed by atoms with van der Waals surface area (Å²) >= 11 is 0. The van der Waals surface area contributed by atoms with Crippen molar-refractivity contribution in [2.24, 2.45) is 0 Å². The van der Waals surface area contributed by atoms with E-state index in [9.17, 15) is 66.4 Å². The minimum Gasteiger partial charge on any atom is -0.394 e. The normalized spacial score (nSPS) is 56.9. The number of hydrogen-bond donors (Lipinski definition) is 13. The van der Waals surface area contributed by atoms with Crippen LogP contribution in [0.4, 0.5) is 0 Å². The van der Waals surface area contributed by atoms with Crippen molar-refractivity contribution in [2.45, 2.75) is 90.7 Å². The van der Waals surface area contributed by atoms with Gasteiger partial charge in [0.05, 0.1) is 19.8 Å². The first kappa shape index (κ1) is 27.9. The summed E-state index contributed by atoms with van der Waals surface area (Å²) in [5.41, 5.74) is -3.46. The van der Waals surface area contributed by atoms with E-state index in [-0.39, 0.29) is 0 Å². The highest BCUT2D eigenvalue weighted by Crippen LogP contribution is 2.48. The Kier molecular flexibility index (Phi) is 8.23. The fraction of sp³-hybridized carbons (Fsp3) is 1.00. The van der Waals surface area contributed by atoms with Crippen LogP contribution in [-0.4, -0.2) is 177 Å². The summed E-state index contributed by atoms with van der Waals surface area (Å²) in [6, 6.07) is 0. The van der Waals surface area contributed by atoms with Gasteiger partial charge in [0.1, 0.15) is 79.4 Å². The van der Waals surface area contributed by atoms with Crippen LogP contribution in [0, 0.1) is 0 Å². The Morgan fingerprint density at radius 2 is 0.912 bits per heavy atom. The average molecular weight is 504 g/mol. The molecule has 3 saturated heterocycles. The average Bonchev–Trinajstić information content (AvgIpc) is 2.82. The van der Waals surface area contributed by atoms with Gasteiger partial charge in [-0.25, -0.2) is 0 Å². The first-order valence-electron chi connectivity index (χ1n) is 10.5. The molecule has 200 valence electrons. The van der Waals surface area contributed by atoms with Crippen molar-refractivity contribution in [3.8, 4) is 0 Å². The number of hydrogen-bond acceptors (Lipinski definition) is 16. The monoisotopic (exact) mass is 504 g/mol. The molecule has 16 nitrogen and oxygen atoms in total. The summed E-state index contributed by atoms with van der Waals surface area (Å²) in [6.45, 7) is -3.01. The smallest absolute Gasteiger partial charge is 0.230 e. The van der Waals surface area contributed by atoms with Gasteiger partial charge in [-0.3, -0.25) is 0 Å². The molecule has 13 N–H and O–H groups in total. The standard InChI is InChI=1S/C18H32O16/c19-1-4-7(22)10(25)12(27)15(32-4)17(30)14(29)9(24)6(3-21)34-18(17,31)16-13(28)11(26)8(23)5(2-20)33-16/h4-16,19-31H,1-3H2/t4-,5-,6-,7+,8+,9-,10+,11+,12-,13-,14+,15?,16?,17+,18?/m1/s1. The van der Waals surface area contributed by atoms with Crippen LogP contribution in [0.15, 0.2) is 0 Å². The molecule has 0 spiro atoms. The third kappa shape index (κ3) is 3.97. The Bertz CT molecular complexity index is 695. The lowest BCUT2D eigenvalue weighted by atomic mass is 9.68. The summed E-state index contributed by atoms with van der Waals surface area (Å²) < 4.78 is 15.7. The van der Waals surface area contributed by atoms with E-state index in [1.165, 1.54) is 0 Å². The van der Waals surface area contributed by atoms with Gasteiger partial charge in [-0.15, -0.1) is 0 Å². The first-order chi connectivity index (χ1) is 15.8. The van der Waals surface area contributed by atoms with E-state index in [1.807, 2.05) is 0 Å². The van der Waals surface area contributed by atoms with Crippen LogP contribution in [0.2, 0.25) is 0 Å². The molecule has 3 rings (SSSR count). The molecule has 0 radical (unpaired) electrons. The molecule has 3 heterocycles. The number of ether oxygens (including phenoxy) is 3. The van der Waals surface area contributed by atoms with E-state index < -0.39 is 111 Å². The van der Waals surface area contributed by atoms with Gasteiger partial charge in [0.15, 0.2) is 5.60 Å². The molecule has 0 aromatic carbocycles. The molecule has 3 unspecified atom stereocenters. The maximum absolute atomic E-state index is 11.6. The van der Waals surface area contributed by atoms with Gasteiger partial charge >= 0.3 is 0 Å². The number of aliphatic hydroxyl groups excluding tert-OH is 11. The van der Waals surface area contributed by atoms with Gasteiger partial charge in [-0.2, -0.15) is 0 Å². The van der Waals surface area contributed by atoms with Crippen LogP contribution in [0.5, 0.6) is 0 Å². The molecular weight excluding hydrogens is 472 g/mol. The van der Waals surface area contributed by atoms with E-state index in [4.69, 9.17) is 14.2 Å². The summed E-state index contributed by atoms with van der Waals surface area (Å²) in [6.07, 6.45) is -27.3. The zero-order valence-corrected chi connectivity index (χ0v) is 17.7. The predicted molar refractivity (Wildman–Crippen MR) is 101 cm³/mol. The lowest BCUT2D eigenvalue weighted by Crippen LogP contribution is -2.85. The quantitative estimate of drug-likeness (QED) is 0.165. The topological polar surface area (TPSA) is 291 Å². The lowest BCUT2D eigenvalue weighted by molar-refractivity contribution is -0.459. The van der Waals surface area contributed by atoms with Gasteiger partial charge in [0.25, 0.3) is 0 Å². The molecule has 16 heteroatoms. The summed E-state index contributed by atoms with van der Waals surface area (Å²) in [7, 11) is 0. The summed E-state index contributed by atoms with van der Waals surface area (Å²) in [4.78, 5) is 0. The molecule has 15 atom stereocenters. The molecule has 0 saturated carbocycles. The van der Waals surface area contributed by atoms with Gasteiger partial charge in [0.2, 0.25) is 5.79 Å². The Hall–Kier alpha value is -0.640. The SMILES string of the molecule is OC[C@H]1OC(C2(O)O[C@H](CO)[C@@H](O)[C@H](O)[C@]2(O)C2O[C@H](CO)[C@H](O)[C@H](O)[C@H]2O)[C@H](O)[C@@H](O)[C@H]1O. The van der Waals surface area contributed by atoms with Crippen molar-refractivity contribution in [2.75, 3.05) is 19.8 Å². The second-order valence-electron chi connectivity index (χ2n) is 8.80. The molecule has 0 aromatic heterocycles. The van der Waals surface area contributed by atoms with Gasteiger partial charge in [-0.05, 0) is 0 Å².